The Labute approximate surface area is 231 Å². The number of halogens is 1. The van der Waals surface area contributed by atoms with Crippen molar-refractivity contribution in [1.82, 2.24) is 10.5 Å². The normalized spacial score (nSPS) is 14.7. The van der Waals surface area contributed by atoms with E-state index in [9.17, 15) is 9.59 Å². The molecule has 0 spiro atoms. The summed E-state index contributed by atoms with van der Waals surface area (Å²) in [7, 11) is 1.42. The average molecular weight is 546 g/mol. The number of hydrogen-bond donors (Lipinski definition) is 2. The maximum atomic E-state index is 12.7. The number of rotatable bonds is 7. The van der Waals surface area contributed by atoms with Gasteiger partial charge in [-0.15, -0.1) is 0 Å². The molecule has 5 rings (SSSR count). The van der Waals surface area contributed by atoms with Gasteiger partial charge in [0.25, 0.3) is 0 Å². The lowest BCUT2D eigenvalue weighted by Gasteiger charge is -2.40. The molecule has 1 amide bonds. The number of methoxy groups -OCH3 is 1. The fraction of sp³-hybridized carbons (Fsp3) is 0.233. The van der Waals surface area contributed by atoms with Gasteiger partial charge in [-0.1, -0.05) is 83.5 Å². The van der Waals surface area contributed by atoms with Gasteiger partial charge in [-0.25, -0.2) is 4.79 Å². The fourth-order valence-electron chi connectivity index (χ4n) is 4.71. The van der Waals surface area contributed by atoms with Gasteiger partial charge in [-0.3, -0.25) is 10.1 Å². The van der Waals surface area contributed by atoms with Crippen LogP contribution in [-0.2, 0) is 19.7 Å². The molecule has 9 heteroatoms. The Bertz CT molecular complexity index is 1490. The molecule has 0 radical (unpaired) electrons. The summed E-state index contributed by atoms with van der Waals surface area (Å²) in [6, 6.07) is 22.9. The number of carbonyl (C=O) groups is 2. The number of carbonyl (C=O) groups excluding carboxylic acids is 2. The van der Waals surface area contributed by atoms with E-state index in [1.807, 2.05) is 66.7 Å². The Balaban J connectivity index is 1.30. The van der Waals surface area contributed by atoms with Crippen LogP contribution in [0.5, 0.6) is 0 Å². The maximum Gasteiger partial charge on any atom is 0.412 e. The summed E-state index contributed by atoms with van der Waals surface area (Å²) >= 11 is 6.23. The van der Waals surface area contributed by atoms with E-state index in [2.05, 4.69) is 15.8 Å². The number of amides is 1. The highest BCUT2D eigenvalue weighted by Crippen LogP contribution is 2.35. The number of aromatic nitrogens is 1. The van der Waals surface area contributed by atoms with E-state index in [1.54, 1.807) is 19.9 Å². The quantitative estimate of drug-likeness (QED) is 0.263. The number of benzene rings is 3. The van der Waals surface area contributed by atoms with Crippen LogP contribution in [0.2, 0.25) is 5.02 Å². The molecule has 200 valence electrons. The maximum absolute atomic E-state index is 12.7. The van der Waals surface area contributed by atoms with Crippen LogP contribution in [0, 0.1) is 6.92 Å². The highest BCUT2D eigenvalue weighted by Gasteiger charge is 2.47. The molecule has 1 aliphatic heterocycles. The fourth-order valence-corrected chi connectivity index (χ4v) is 5.00. The lowest BCUT2D eigenvalue weighted by molar-refractivity contribution is -0.149. The van der Waals surface area contributed by atoms with E-state index >= 15 is 0 Å². The molecule has 39 heavy (non-hydrogen) atoms. The van der Waals surface area contributed by atoms with Crippen LogP contribution in [0.1, 0.15) is 29.8 Å². The van der Waals surface area contributed by atoms with Gasteiger partial charge in [0.15, 0.2) is 5.76 Å². The minimum absolute atomic E-state index is 0.229. The van der Waals surface area contributed by atoms with Crippen LogP contribution < -0.4 is 10.6 Å². The van der Waals surface area contributed by atoms with Gasteiger partial charge in [0, 0.05) is 29.2 Å². The van der Waals surface area contributed by atoms with Crippen molar-refractivity contribution in [2.24, 2.45) is 0 Å². The van der Waals surface area contributed by atoms with Crippen molar-refractivity contribution in [3.63, 3.8) is 0 Å². The predicted molar refractivity (Wildman–Crippen MR) is 149 cm³/mol. The number of hydrogen-bond acceptors (Lipinski definition) is 7. The Morgan fingerprint density at radius 2 is 1.62 bits per heavy atom. The average Bonchev–Trinajstić information content (AvgIpc) is 3.28. The molecule has 0 saturated carbocycles. The SMILES string of the molecule is COC(=O)C1(c2ccc(-c3ccc(-c4onc(C)c4NC(=O)O[C@H](C)c4ccccc4Cl)cc3)cc2)CNC1. The summed E-state index contributed by atoms with van der Waals surface area (Å²) in [5.41, 5.74) is 4.71. The van der Waals surface area contributed by atoms with Gasteiger partial charge in [-0.2, -0.15) is 0 Å². The molecule has 1 fully saturated rings. The zero-order chi connectivity index (χ0) is 27.6. The monoisotopic (exact) mass is 545 g/mol. The zero-order valence-corrected chi connectivity index (χ0v) is 22.5. The van der Waals surface area contributed by atoms with Crippen molar-refractivity contribution >= 4 is 29.4 Å². The van der Waals surface area contributed by atoms with Gasteiger partial charge in [-0.05, 0) is 36.6 Å². The van der Waals surface area contributed by atoms with Crippen LogP contribution in [-0.4, -0.2) is 37.4 Å². The van der Waals surface area contributed by atoms with Crippen molar-refractivity contribution < 1.29 is 23.6 Å². The summed E-state index contributed by atoms with van der Waals surface area (Å²) < 4.78 is 16.1. The first kappa shape index (κ1) is 26.5. The zero-order valence-electron chi connectivity index (χ0n) is 21.8. The van der Waals surface area contributed by atoms with E-state index < -0.39 is 17.6 Å². The smallest absolute Gasteiger partial charge is 0.412 e. The van der Waals surface area contributed by atoms with Crippen LogP contribution in [0.25, 0.3) is 22.5 Å². The second kappa shape index (κ2) is 10.9. The van der Waals surface area contributed by atoms with Crippen molar-refractivity contribution in [1.29, 1.82) is 0 Å². The molecule has 2 N–H and O–H groups in total. The molecule has 0 aliphatic carbocycles. The summed E-state index contributed by atoms with van der Waals surface area (Å²) in [6.45, 7) is 4.63. The number of nitrogens with zero attached hydrogens (tertiary/aromatic N) is 1. The number of nitrogens with one attached hydrogen (secondary N) is 2. The molecular weight excluding hydrogens is 518 g/mol. The molecule has 1 aliphatic rings. The summed E-state index contributed by atoms with van der Waals surface area (Å²) in [6.07, 6.45) is -1.19. The minimum atomic E-state index is -0.641. The number of ether oxygens (including phenoxy) is 2. The van der Waals surface area contributed by atoms with Crippen LogP contribution in [0.15, 0.2) is 77.3 Å². The number of esters is 1. The first-order valence-electron chi connectivity index (χ1n) is 12.5. The van der Waals surface area contributed by atoms with Crippen molar-refractivity contribution in [2.45, 2.75) is 25.4 Å². The Kier molecular flexibility index (Phi) is 7.41. The number of aryl methyl sites for hydroxylation is 1. The van der Waals surface area contributed by atoms with Gasteiger partial charge in [0.1, 0.15) is 22.9 Å². The molecule has 0 bridgehead atoms. The van der Waals surface area contributed by atoms with E-state index in [1.165, 1.54) is 7.11 Å². The van der Waals surface area contributed by atoms with E-state index in [-0.39, 0.29) is 5.97 Å². The van der Waals surface area contributed by atoms with E-state index in [0.717, 1.165) is 22.3 Å². The molecule has 1 atom stereocenters. The molecular formula is C30H28ClN3O5. The Morgan fingerprint density at radius 3 is 2.21 bits per heavy atom. The molecule has 0 unspecified atom stereocenters. The Morgan fingerprint density at radius 1 is 1.00 bits per heavy atom. The van der Waals surface area contributed by atoms with Crippen molar-refractivity contribution in [2.75, 3.05) is 25.5 Å². The standard InChI is InChI=1S/C30H28ClN3O5/c1-18-26(33-29(36)38-19(2)24-6-4-5-7-25(24)31)27(39-34-18)22-10-8-20(9-11-22)21-12-14-23(15-13-21)30(16-32-17-30)28(35)37-3/h4-15,19,32H,16-17H2,1-3H3,(H,33,36)/t19-/m1/s1. The van der Waals surface area contributed by atoms with Crippen LogP contribution in [0.3, 0.4) is 0 Å². The predicted octanol–water partition coefficient (Wildman–Crippen LogP) is 6.29. The second-order valence-corrected chi connectivity index (χ2v) is 9.91. The number of anilines is 1. The third-order valence-corrected chi connectivity index (χ3v) is 7.41. The lowest BCUT2D eigenvalue weighted by Crippen LogP contribution is -2.61. The second-order valence-electron chi connectivity index (χ2n) is 9.50. The Hall–Kier alpha value is -4.14. The van der Waals surface area contributed by atoms with Crippen molar-refractivity contribution in [3.8, 4) is 22.5 Å². The molecule has 1 aromatic heterocycles. The highest BCUT2D eigenvalue weighted by atomic mass is 35.5. The van der Waals surface area contributed by atoms with E-state index in [0.29, 0.717) is 40.8 Å². The molecule has 1 saturated heterocycles. The highest BCUT2D eigenvalue weighted by molar-refractivity contribution is 6.31. The van der Waals surface area contributed by atoms with Crippen LogP contribution in [0.4, 0.5) is 10.5 Å². The van der Waals surface area contributed by atoms with Gasteiger partial charge < -0.3 is 19.3 Å². The summed E-state index contributed by atoms with van der Waals surface area (Å²) in [5.74, 6) is 0.196. The minimum Gasteiger partial charge on any atom is -0.468 e. The topological polar surface area (TPSA) is 103 Å². The summed E-state index contributed by atoms with van der Waals surface area (Å²) in [5, 5.41) is 10.5. The summed E-state index contributed by atoms with van der Waals surface area (Å²) in [4.78, 5) is 25.0. The molecule has 3 aromatic carbocycles. The largest absolute Gasteiger partial charge is 0.468 e. The molecule has 8 nitrogen and oxygen atoms in total. The third-order valence-electron chi connectivity index (χ3n) is 7.06. The first-order valence-corrected chi connectivity index (χ1v) is 12.9. The first-order chi connectivity index (χ1) is 18.8. The van der Waals surface area contributed by atoms with E-state index in [4.69, 9.17) is 25.6 Å². The van der Waals surface area contributed by atoms with Gasteiger partial charge >= 0.3 is 12.1 Å². The van der Waals surface area contributed by atoms with Crippen molar-refractivity contribution in [3.05, 3.63) is 94.6 Å². The lowest BCUT2D eigenvalue weighted by atomic mass is 9.75. The van der Waals surface area contributed by atoms with Gasteiger partial charge in [0.2, 0.25) is 0 Å². The molecule has 2 heterocycles. The van der Waals surface area contributed by atoms with Crippen LogP contribution >= 0.6 is 11.6 Å². The third kappa shape index (κ3) is 5.13. The molecule has 4 aromatic rings. The van der Waals surface area contributed by atoms with Gasteiger partial charge in [0.05, 0.1) is 7.11 Å².